The monoisotopic (exact) mass is 457 g/mol. The molecule has 0 aromatic heterocycles. The molecule has 2 fully saturated rings. The van der Waals surface area contributed by atoms with Crippen LogP contribution in [0, 0.1) is 0 Å². The molecule has 2 aliphatic heterocycles. The minimum Gasteiger partial charge on any atom is -0.379 e. The predicted molar refractivity (Wildman–Crippen MR) is 126 cm³/mol. The van der Waals surface area contributed by atoms with Crippen molar-refractivity contribution in [3.05, 3.63) is 54.1 Å². The number of carbonyl (C=O) groups is 1. The number of carbonyl (C=O) groups excluding carboxylic acids is 1. The zero-order valence-corrected chi connectivity index (χ0v) is 19.3. The van der Waals surface area contributed by atoms with Gasteiger partial charge in [0.15, 0.2) is 0 Å². The quantitative estimate of drug-likeness (QED) is 0.689. The summed E-state index contributed by atoms with van der Waals surface area (Å²) in [6.07, 6.45) is 2.83. The summed E-state index contributed by atoms with van der Waals surface area (Å²) in [5, 5.41) is 3.06. The second kappa shape index (κ2) is 10.0. The van der Waals surface area contributed by atoms with Crippen LogP contribution in [-0.2, 0) is 19.6 Å². The number of rotatable bonds is 7. The molecule has 2 saturated heterocycles. The van der Waals surface area contributed by atoms with Gasteiger partial charge in [0.05, 0.1) is 35.4 Å². The van der Waals surface area contributed by atoms with Crippen molar-refractivity contribution in [3.63, 3.8) is 0 Å². The predicted octanol–water partition coefficient (Wildman–Crippen LogP) is 3.44. The summed E-state index contributed by atoms with van der Waals surface area (Å²) in [6, 6.07) is 14.8. The molecule has 2 aliphatic rings. The third kappa shape index (κ3) is 4.82. The Hall–Kier alpha value is -2.42. The highest BCUT2D eigenvalue weighted by atomic mass is 32.2. The maximum Gasteiger partial charge on any atom is 0.243 e. The van der Waals surface area contributed by atoms with Gasteiger partial charge in [-0.15, -0.1) is 0 Å². The summed E-state index contributed by atoms with van der Waals surface area (Å²) in [7, 11) is -3.66. The lowest BCUT2D eigenvalue weighted by molar-refractivity contribution is -0.117. The normalized spacial score (nSPS) is 18.5. The molecule has 8 heteroatoms. The smallest absolute Gasteiger partial charge is 0.243 e. The van der Waals surface area contributed by atoms with Gasteiger partial charge in [0.1, 0.15) is 0 Å². The molecule has 1 N–H and O–H groups in total. The van der Waals surface area contributed by atoms with Crippen molar-refractivity contribution in [2.45, 2.75) is 37.0 Å². The Balaban J connectivity index is 1.66. The molecule has 2 heterocycles. The molecule has 0 aliphatic carbocycles. The Morgan fingerprint density at radius 3 is 2.38 bits per heavy atom. The van der Waals surface area contributed by atoms with Crippen LogP contribution < -0.4 is 10.2 Å². The molecule has 0 unspecified atom stereocenters. The zero-order valence-electron chi connectivity index (χ0n) is 18.5. The number of anilines is 2. The van der Waals surface area contributed by atoms with Gasteiger partial charge in [-0.25, -0.2) is 8.42 Å². The third-order valence-corrected chi connectivity index (χ3v) is 8.10. The third-order valence-electron chi connectivity index (χ3n) is 6.21. The highest BCUT2D eigenvalue weighted by Crippen LogP contribution is 2.33. The van der Waals surface area contributed by atoms with Crippen molar-refractivity contribution in [3.8, 4) is 0 Å². The Labute approximate surface area is 190 Å². The van der Waals surface area contributed by atoms with Crippen molar-refractivity contribution in [2.75, 3.05) is 49.6 Å². The highest BCUT2D eigenvalue weighted by Gasteiger charge is 2.29. The van der Waals surface area contributed by atoms with Gasteiger partial charge >= 0.3 is 0 Å². The molecule has 32 heavy (non-hydrogen) atoms. The number of ether oxygens (including phenoxy) is 1. The van der Waals surface area contributed by atoms with Gasteiger partial charge in [-0.1, -0.05) is 37.3 Å². The van der Waals surface area contributed by atoms with Gasteiger partial charge < -0.3 is 15.0 Å². The zero-order chi connectivity index (χ0) is 22.6. The minimum atomic E-state index is -3.66. The number of amides is 1. The van der Waals surface area contributed by atoms with Crippen LogP contribution in [0.3, 0.4) is 0 Å². The Morgan fingerprint density at radius 2 is 1.72 bits per heavy atom. The molecule has 0 radical (unpaired) electrons. The van der Waals surface area contributed by atoms with Crippen molar-refractivity contribution in [1.82, 2.24) is 4.31 Å². The van der Waals surface area contributed by atoms with E-state index in [0.29, 0.717) is 38.4 Å². The molecule has 0 spiro atoms. The Bertz CT molecular complexity index is 1030. The van der Waals surface area contributed by atoms with Crippen molar-refractivity contribution in [2.24, 2.45) is 0 Å². The topological polar surface area (TPSA) is 79.0 Å². The largest absolute Gasteiger partial charge is 0.379 e. The van der Waals surface area contributed by atoms with Gasteiger partial charge in [-0.05, 0) is 43.0 Å². The first-order chi connectivity index (χ1) is 15.5. The van der Waals surface area contributed by atoms with E-state index >= 15 is 0 Å². The summed E-state index contributed by atoms with van der Waals surface area (Å²) in [5.41, 5.74) is 2.38. The van der Waals surface area contributed by atoms with Gasteiger partial charge in [-0.2, -0.15) is 4.31 Å². The van der Waals surface area contributed by atoms with Crippen LogP contribution in [-0.4, -0.2) is 58.0 Å². The van der Waals surface area contributed by atoms with Crippen LogP contribution in [0.4, 0.5) is 11.4 Å². The molecule has 2 aromatic rings. The average molecular weight is 458 g/mol. The first-order valence-corrected chi connectivity index (χ1v) is 12.8. The van der Waals surface area contributed by atoms with Gasteiger partial charge in [0, 0.05) is 26.2 Å². The average Bonchev–Trinajstić information content (AvgIpc) is 3.35. The maximum atomic E-state index is 13.3. The van der Waals surface area contributed by atoms with Crippen molar-refractivity contribution < 1.29 is 17.9 Å². The SMILES string of the molecule is CC[C@H](C(=O)Nc1cc(S(=O)(=O)N2CCOCC2)ccc1N1CCCC1)c1ccccc1. The fourth-order valence-corrected chi connectivity index (χ4v) is 5.86. The molecule has 7 nitrogen and oxygen atoms in total. The molecule has 0 bridgehead atoms. The Kier molecular flexibility index (Phi) is 7.13. The number of sulfonamides is 1. The molecule has 0 saturated carbocycles. The fourth-order valence-electron chi connectivity index (χ4n) is 4.42. The highest BCUT2D eigenvalue weighted by molar-refractivity contribution is 7.89. The Morgan fingerprint density at radius 1 is 1.03 bits per heavy atom. The molecular weight excluding hydrogens is 426 g/mol. The van der Waals surface area contributed by atoms with E-state index < -0.39 is 10.0 Å². The molecule has 4 rings (SSSR count). The maximum absolute atomic E-state index is 13.3. The van der Waals surface area contributed by atoms with Gasteiger partial charge in [0.2, 0.25) is 15.9 Å². The summed E-state index contributed by atoms with van der Waals surface area (Å²) in [6.45, 7) is 5.24. The lowest BCUT2D eigenvalue weighted by atomic mass is 9.95. The summed E-state index contributed by atoms with van der Waals surface area (Å²) in [4.78, 5) is 15.7. The minimum absolute atomic E-state index is 0.125. The van der Waals surface area contributed by atoms with E-state index in [0.717, 1.165) is 37.2 Å². The number of hydrogen-bond acceptors (Lipinski definition) is 5. The van der Waals surface area contributed by atoms with Crippen LogP contribution in [0.1, 0.15) is 37.7 Å². The second-order valence-corrected chi connectivity index (χ2v) is 10.2. The van der Waals surface area contributed by atoms with Gasteiger partial charge in [-0.3, -0.25) is 4.79 Å². The first kappa shape index (κ1) is 22.8. The van der Waals surface area contributed by atoms with E-state index in [1.165, 1.54) is 4.31 Å². The number of nitrogens with one attached hydrogen (secondary N) is 1. The summed E-state index contributed by atoms with van der Waals surface area (Å²) >= 11 is 0. The van der Waals surface area contributed by atoms with E-state index in [2.05, 4.69) is 10.2 Å². The van der Waals surface area contributed by atoms with Crippen LogP contribution in [0.5, 0.6) is 0 Å². The standard InChI is InChI=1S/C24H31N3O4S/c1-2-21(19-8-4-3-5-9-19)24(28)25-22-18-20(10-11-23(22)26-12-6-7-13-26)32(29,30)27-14-16-31-17-15-27/h3-5,8-11,18,21H,2,6-7,12-17H2,1H3,(H,25,28)/t21-/m0/s1. The van der Waals surface area contributed by atoms with E-state index in [9.17, 15) is 13.2 Å². The first-order valence-electron chi connectivity index (χ1n) is 11.3. The van der Waals surface area contributed by atoms with Crippen LogP contribution >= 0.6 is 0 Å². The fraction of sp³-hybridized carbons (Fsp3) is 0.458. The number of hydrogen-bond donors (Lipinski definition) is 1. The molecule has 172 valence electrons. The summed E-state index contributed by atoms with van der Waals surface area (Å²) < 4.78 is 33.2. The molecule has 1 amide bonds. The molecule has 1 atom stereocenters. The van der Waals surface area contributed by atoms with E-state index in [-0.39, 0.29) is 16.7 Å². The van der Waals surface area contributed by atoms with Crippen LogP contribution in [0.2, 0.25) is 0 Å². The lowest BCUT2D eigenvalue weighted by Crippen LogP contribution is -2.40. The second-order valence-electron chi connectivity index (χ2n) is 8.25. The molecular formula is C24H31N3O4S. The van der Waals surface area contributed by atoms with Crippen molar-refractivity contribution in [1.29, 1.82) is 0 Å². The number of benzene rings is 2. The number of nitrogens with zero attached hydrogens (tertiary/aromatic N) is 2. The summed E-state index contributed by atoms with van der Waals surface area (Å²) in [5.74, 6) is -0.429. The molecule has 2 aromatic carbocycles. The van der Waals surface area contributed by atoms with Crippen molar-refractivity contribution >= 4 is 27.3 Å². The van der Waals surface area contributed by atoms with E-state index in [4.69, 9.17) is 4.74 Å². The number of morpholine rings is 1. The lowest BCUT2D eigenvalue weighted by Gasteiger charge is -2.27. The van der Waals surface area contributed by atoms with E-state index in [1.807, 2.05) is 43.3 Å². The van der Waals surface area contributed by atoms with Gasteiger partial charge in [0.25, 0.3) is 0 Å². The van der Waals surface area contributed by atoms with Crippen LogP contribution in [0.15, 0.2) is 53.4 Å². The van der Waals surface area contributed by atoms with Crippen LogP contribution in [0.25, 0.3) is 0 Å². The van der Waals surface area contributed by atoms with E-state index in [1.54, 1.807) is 12.1 Å².